The van der Waals surface area contributed by atoms with Gasteiger partial charge in [-0.05, 0) is 37.5 Å². The fourth-order valence-electron chi connectivity index (χ4n) is 4.11. The molecular formula is C28H53NO3. The summed E-state index contributed by atoms with van der Waals surface area (Å²) in [5, 5.41) is 2.58. The predicted molar refractivity (Wildman–Crippen MR) is 137 cm³/mol. The van der Waals surface area contributed by atoms with E-state index in [9.17, 15) is 9.59 Å². The minimum Gasteiger partial charge on any atom is -0.464 e. The summed E-state index contributed by atoms with van der Waals surface area (Å²) in [6, 6.07) is -0.537. The molecule has 0 unspecified atom stereocenters. The first-order chi connectivity index (χ1) is 15.5. The largest absolute Gasteiger partial charge is 0.464 e. The van der Waals surface area contributed by atoms with Crippen molar-refractivity contribution < 1.29 is 14.3 Å². The molecule has 1 amide bonds. The zero-order chi connectivity index (χ0) is 23.9. The van der Waals surface area contributed by atoms with Crippen LogP contribution in [0.25, 0.3) is 0 Å². The van der Waals surface area contributed by atoms with Gasteiger partial charge in [0.15, 0.2) is 0 Å². The van der Waals surface area contributed by atoms with Gasteiger partial charge in [0.05, 0.1) is 6.61 Å². The quantitative estimate of drug-likeness (QED) is 0.0747. The van der Waals surface area contributed by atoms with Gasteiger partial charge in [-0.15, -0.1) is 0 Å². The van der Waals surface area contributed by atoms with E-state index in [2.05, 4.69) is 31.3 Å². The van der Waals surface area contributed by atoms with Crippen molar-refractivity contribution in [2.75, 3.05) is 6.61 Å². The van der Waals surface area contributed by atoms with Gasteiger partial charge in [0.2, 0.25) is 6.41 Å². The van der Waals surface area contributed by atoms with Gasteiger partial charge in [-0.3, -0.25) is 4.79 Å². The van der Waals surface area contributed by atoms with E-state index in [-0.39, 0.29) is 5.97 Å². The van der Waals surface area contributed by atoms with E-state index in [0.29, 0.717) is 31.3 Å². The molecule has 0 saturated carbocycles. The SMILES string of the molecule is CCCCCCCCCCC[C@@H](C=CCCOC(=O)[C@H](CC(C)C)NC=O)CCCCC. The second-order valence-corrected chi connectivity index (χ2v) is 9.72. The lowest BCUT2D eigenvalue weighted by atomic mass is 9.94. The summed E-state index contributed by atoms with van der Waals surface area (Å²) in [6.45, 7) is 8.97. The maximum Gasteiger partial charge on any atom is 0.328 e. The summed E-state index contributed by atoms with van der Waals surface area (Å²) in [5.41, 5.74) is 0. The van der Waals surface area contributed by atoms with Crippen LogP contribution in [0.2, 0.25) is 0 Å². The van der Waals surface area contributed by atoms with Gasteiger partial charge < -0.3 is 10.1 Å². The molecule has 0 radical (unpaired) electrons. The van der Waals surface area contributed by atoms with Crippen LogP contribution in [0.3, 0.4) is 0 Å². The number of esters is 1. The number of hydrogen-bond acceptors (Lipinski definition) is 3. The molecule has 188 valence electrons. The Morgan fingerprint density at radius 3 is 1.94 bits per heavy atom. The average Bonchev–Trinajstić information content (AvgIpc) is 2.76. The highest BCUT2D eigenvalue weighted by molar-refractivity contribution is 5.78. The van der Waals surface area contributed by atoms with Gasteiger partial charge in [-0.2, -0.15) is 0 Å². The molecule has 2 atom stereocenters. The number of nitrogens with one attached hydrogen (secondary N) is 1. The fourth-order valence-corrected chi connectivity index (χ4v) is 4.11. The van der Waals surface area contributed by atoms with Crippen LogP contribution in [-0.2, 0) is 14.3 Å². The number of carbonyl (C=O) groups is 2. The maximum absolute atomic E-state index is 12.2. The monoisotopic (exact) mass is 451 g/mol. The normalized spacial score (nSPS) is 13.4. The molecule has 0 aliphatic carbocycles. The third-order valence-electron chi connectivity index (χ3n) is 6.05. The van der Waals surface area contributed by atoms with Crippen molar-refractivity contribution in [3.63, 3.8) is 0 Å². The summed E-state index contributed by atoms with van der Waals surface area (Å²) >= 11 is 0. The first kappa shape index (κ1) is 30.7. The third-order valence-corrected chi connectivity index (χ3v) is 6.05. The zero-order valence-corrected chi connectivity index (χ0v) is 21.7. The van der Waals surface area contributed by atoms with E-state index in [4.69, 9.17) is 4.74 Å². The Bertz CT molecular complexity index is 462. The van der Waals surface area contributed by atoms with Crippen LogP contribution in [0.15, 0.2) is 12.2 Å². The molecule has 0 rings (SSSR count). The zero-order valence-electron chi connectivity index (χ0n) is 21.7. The summed E-state index contributed by atoms with van der Waals surface area (Å²) in [7, 11) is 0. The number of rotatable bonds is 23. The lowest BCUT2D eigenvalue weighted by Gasteiger charge is -2.16. The molecular weight excluding hydrogens is 398 g/mol. The van der Waals surface area contributed by atoms with Crippen LogP contribution < -0.4 is 5.32 Å². The number of unbranched alkanes of at least 4 members (excludes halogenated alkanes) is 10. The standard InChI is InChI=1S/C28H53NO3/c1-5-7-9-10-11-12-13-14-16-20-26(19-15-8-6-2)21-17-18-22-32-28(31)27(29-24-30)23-25(3)4/h17,21,24-27H,5-16,18-20,22-23H2,1-4H3,(H,29,30)/t26-,27-/m0/s1. The maximum atomic E-state index is 12.2. The van der Waals surface area contributed by atoms with E-state index >= 15 is 0 Å². The molecule has 0 aliphatic heterocycles. The smallest absolute Gasteiger partial charge is 0.328 e. The molecule has 0 bridgehead atoms. The molecule has 32 heavy (non-hydrogen) atoms. The Morgan fingerprint density at radius 1 is 0.844 bits per heavy atom. The average molecular weight is 452 g/mol. The molecule has 0 aliphatic rings. The Labute approximate surface area is 199 Å². The topological polar surface area (TPSA) is 55.4 Å². The van der Waals surface area contributed by atoms with Crippen LogP contribution >= 0.6 is 0 Å². The van der Waals surface area contributed by atoms with Gasteiger partial charge in [-0.25, -0.2) is 4.79 Å². The van der Waals surface area contributed by atoms with Gasteiger partial charge in [0, 0.05) is 0 Å². The fraction of sp³-hybridized carbons (Fsp3) is 0.857. The van der Waals surface area contributed by atoms with Crippen LogP contribution in [0.4, 0.5) is 0 Å². The van der Waals surface area contributed by atoms with Crippen molar-refractivity contribution in [3.05, 3.63) is 12.2 Å². The third kappa shape index (κ3) is 19.4. The molecule has 0 aromatic heterocycles. The predicted octanol–water partition coefficient (Wildman–Crippen LogP) is 7.75. The van der Waals surface area contributed by atoms with Crippen LogP contribution in [0.1, 0.15) is 130 Å². The van der Waals surface area contributed by atoms with Crippen LogP contribution in [0.5, 0.6) is 0 Å². The molecule has 0 aromatic rings. The van der Waals surface area contributed by atoms with Crippen molar-refractivity contribution >= 4 is 12.4 Å². The van der Waals surface area contributed by atoms with E-state index in [0.717, 1.165) is 6.42 Å². The van der Waals surface area contributed by atoms with Crippen molar-refractivity contribution in [1.82, 2.24) is 5.32 Å². The summed E-state index contributed by atoms with van der Waals surface area (Å²) in [4.78, 5) is 22.9. The first-order valence-electron chi connectivity index (χ1n) is 13.6. The molecule has 4 nitrogen and oxygen atoms in total. The molecule has 4 heteroatoms. The lowest BCUT2D eigenvalue weighted by molar-refractivity contribution is -0.147. The Balaban J connectivity index is 4.16. The number of hydrogen-bond donors (Lipinski definition) is 1. The molecule has 0 fully saturated rings. The summed E-state index contributed by atoms with van der Waals surface area (Å²) in [5.74, 6) is 0.644. The molecule has 0 spiro atoms. The molecule has 0 aromatic carbocycles. The molecule has 0 heterocycles. The van der Waals surface area contributed by atoms with Crippen LogP contribution in [0, 0.1) is 11.8 Å². The van der Waals surface area contributed by atoms with Gasteiger partial charge in [0.25, 0.3) is 0 Å². The summed E-state index contributed by atoms with van der Waals surface area (Å²) in [6.07, 6.45) is 25.2. The second-order valence-electron chi connectivity index (χ2n) is 9.72. The number of amides is 1. The van der Waals surface area contributed by atoms with Crippen molar-refractivity contribution in [1.29, 1.82) is 0 Å². The first-order valence-corrected chi connectivity index (χ1v) is 13.6. The van der Waals surface area contributed by atoms with Crippen molar-refractivity contribution in [2.24, 2.45) is 11.8 Å². The van der Waals surface area contributed by atoms with E-state index < -0.39 is 6.04 Å². The van der Waals surface area contributed by atoms with Crippen molar-refractivity contribution in [2.45, 2.75) is 136 Å². The van der Waals surface area contributed by atoms with Crippen molar-refractivity contribution in [3.8, 4) is 0 Å². The number of ether oxygens (including phenoxy) is 1. The highest BCUT2D eigenvalue weighted by atomic mass is 16.5. The highest BCUT2D eigenvalue weighted by Crippen LogP contribution is 2.20. The highest BCUT2D eigenvalue weighted by Gasteiger charge is 2.20. The van der Waals surface area contributed by atoms with E-state index in [1.54, 1.807) is 0 Å². The van der Waals surface area contributed by atoms with Gasteiger partial charge in [0.1, 0.15) is 6.04 Å². The van der Waals surface area contributed by atoms with Gasteiger partial charge in [-0.1, -0.05) is 117 Å². The van der Waals surface area contributed by atoms with E-state index in [1.165, 1.54) is 89.9 Å². The van der Waals surface area contributed by atoms with Crippen LogP contribution in [-0.4, -0.2) is 25.0 Å². The molecule has 1 N–H and O–H groups in total. The van der Waals surface area contributed by atoms with Gasteiger partial charge >= 0.3 is 5.97 Å². The number of allylic oxidation sites excluding steroid dienone is 1. The minimum absolute atomic E-state index is 0.324. The molecule has 0 saturated heterocycles. The minimum atomic E-state index is -0.537. The Kier molecular flexibility index (Phi) is 21.9. The Hall–Kier alpha value is -1.32. The Morgan fingerprint density at radius 2 is 1.38 bits per heavy atom. The summed E-state index contributed by atoms with van der Waals surface area (Å²) < 4.78 is 5.39. The lowest BCUT2D eigenvalue weighted by Crippen LogP contribution is -2.38. The number of carbonyl (C=O) groups excluding carboxylic acids is 2. The second kappa shape index (κ2) is 22.9. The van der Waals surface area contributed by atoms with E-state index in [1.807, 2.05) is 13.8 Å².